The first-order chi connectivity index (χ1) is 11.5. The molecule has 0 aliphatic heterocycles. The summed E-state index contributed by atoms with van der Waals surface area (Å²) >= 11 is 0. The van der Waals surface area contributed by atoms with E-state index in [0.717, 1.165) is 30.4 Å². The second-order valence-corrected chi connectivity index (χ2v) is 7.04. The van der Waals surface area contributed by atoms with Crippen molar-refractivity contribution in [3.05, 3.63) is 53.9 Å². The van der Waals surface area contributed by atoms with Crippen LogP contribution >= 0.6 is 0 Å². The monoisotopic (exact) mass is 321 g/mol. The van der Waals surface area contributed by atoms with Crippen molar-refractivity contribution >= 4 is 5.95 Å². The molecule has 2 atom stereocenters. The Balaban J connectivity index is 1.62. The maximum absolute atomic E-state index is 10.0. The van der Waals surface area contributed by atoms with E-state index in [1.165, 1.54) is 0 Å². The summed E-state index contributed by atoms with van der Waals surface area (Å²) < 4.78 is 0. The molecule has 2 N–H and O–H groups in total. The van der Waals surface area contributed by atoms with Gasteiger partial charge in [-0.15, -0.1) is 0 Å². The molecule has 0 saturated heterocycles. The Kier molecular flexibility index (Phi) is 4.82. The van der Waals surface area contributed by atoms with E-state index in [4.69, 9.17) is 0 Å². The van der Waals surface area contributed by atoms with E-state index >= 15 is 0 Å². The van der Waals surface area contributed by atoms with Crippen molar-refractivity contribution in [2.24, 2.45) is 5.41 Å². The van der Waals surface area contributed by atoms with Gasteiger partial charge in [0.2, 0.25) is 5.95 Å². The van der Waals surface area contributed by atoms with Gasteiger partial charge in [-0.2, -0.15) is 0 Å². The van der Waals surface area contributed by atoms with Gasteiger partial charge in [-0.3, -0.25) is 0 Å². The van der Waals surface area contributed by atoms with Gasteiger partial charge in [-0.25, -0.2) is 9.97 Å². The van der Waals surface area contributed by atoms with E-state index in [9.17, 15) is 5.11 Å². The number of aromatic nitrogens is 2. The summed E-state index contributed by atoms with van der Waals surface area (Å²) in [5, 5.41) is 13.4. The van der Waals surface area contributed by atoms with Gasteiger partial charge in [-0.05, 0) is 36.8 Å². The molecule has 2 unspecified atom stereocenters. The molecule has 24 heavy (non-hydrogen) atoms. The zero-order valence-corrected chi connectivity index (χ0v) is 14.2. The Morgan fingerprint density at radius 1 is 1.04 bits per heavy atom. The number of aliphatic hydroxyl groups excluding tert-OH is 1. The maximum Gasteiger partial charge on any atom is 0.222 e. The summed E-state index contributed by atoms with van der Waals surface area (Å²) in [5.74, 6) is 6.80. The fraction of sp³-hybridized carbons (Fsp3) is 0.400. The number of nitrogens with one attached hydrogen (secondary N) is 1. The predicted octanol–water partition coefficient (Wildman–Crippen LogP) is 3.23. The third-order valence-corrected chi connectivity index (χ3v) is 4.57. The van der Waals surface area contributed by atoms with Crippen molar-refractivity contribution in [1.29, 1.82) is 0 Å². The predicted molar refractivity (Wildman–Crippen MR) is 95.5 cm³/mol. The highest BCUT2D eigenvalue weighted by Crippen LogP contribution is 2.36. The number of benzene rings is 1. The maximum atomic E-state index is 10.0. The molecule has 4 nitrogen and oxygen atoms in total. The molecule has 1 aromatic carbocycles. The molecular weight excluding hydrogens is 298 g/mol. The lowest BCUT2D eigenvalue weighted by Gasteiger charge is -2.39. The van der Waals surface area contributed by atoms with Gasteiger partial charge in [0.25, 0.3) is 0 Å². The van der Waals surface area contributed by atoms with Gasteiger partial charge in [0.1, 0.15) is 0 Å². The minimum Gasteiger partial charge on any atom is -0.393 e. The molecule has 0 radical (unpaired) electrons. The largest absolute Gasteiger partial charge is 0.393 e. The number of nitrogens with zero attached hydrogens (tertiary/aromatic N) is 2. The molecule has 0 spiro atoms. The molecule has 1 aromatic heterocycles. The minimum absolute atomic E-state index is 0.0724. The van der Waals surface area contributed by atoms with E-state index in [1.807, 2.05) is 30.3 Å². The summed E-state index contributed by atoms with van der Waals surface area (Å²) in [5.41, 5.74) is 1.70. The fourth-order valence-electron chi connectivity index (χ4n) is 3.06. The van der Waals surface area contributed by atoms with Crippen molar-refractivity contribution in [3.8, 4) is 11.8 Å². The zero-order chi connectivity index (χ0) is 17.0. The Morgan fingerprint density at radius 2 is 1.71 bits per heavy atom. The normalized spacial score (nSPS) is 22.3. The van der Waals surface area contributed by atoms with E-state index < -0.39 is 0 Å². The van der Waals surface area contributed by atoms with Gasteiger partial charge in [0.15, 0.2) is 0 Å². The number of hydrogen-bond donors (Lipinski definition) is 2. The van der Waals surface area contributed by atoms with Gasteiger partial charge < -0.3 is 10.4 Å². The number of anilines is 1. The first-order valence-electron chi connectivity index (χ1n) is 8.37. The second-order valence-electron chi connectivity index (χ2n) is 7.04. The molecule has 1 heterocycles. The average molecular weight is 321 g/mol. The van der Waals surface area contributed by atoms with Crippen LogP contribution in [0.4, 0.5) is 5.95 Å². The quantitative estimate of drug-likeness (QED) is 0.834. The fourth-order valence-corrected chi connectivity index (χ4v) is 3.06. The standard InChI is InChI=1S/C20H23N3O/c1-20(2)12-17(10-11-18(20)24)23-19-21-13-16(14-22-19)9-8-15-6-4-3-5-7-15/h3-7,13-14,17-18,24H,10-12H2,1-2H3,(H,21,22,23). The molecule has 1 fully saturated rings. The molecule has 1 aliphatic carbocycles. The third-order valence-electron chi connectivity index (χ3n) is 4.57. The molecule has 1 saturated carbocycles. The average Bonchev–Trinajstić information content (AvgIpc) is 2.58. The van der Waals surface area contributed by atoms with Gasteiger partial charge in [0.05, 0.1) is 11.7 Å². The van der Waals surface area contributed by atoms with Crippen LogP contribution in [-0.4, -0.2) is 27.2 Å². The summed E-state index contributed by atoms with van der Waals surface area (Å²) in [7, 11) is 0. The Hall–Kier alpha value is -2.38. The topological polar surface area (TPSA) is 58.0 Å². The Labute approximate surface area is 143 Å². The van der Waals surface area contributed by atoms with Crippen LogP contribution in [0.3, 0.4) is 0 Å². The number of hydrogen-bond acceptors (Lipinski definition) is 4. The molecule has 2 aromatic rings. The summed E-state index contributed by atoms with van der Waals surface area (Å²) in [6.45, 7) is 4.21. The zero-order valence-electron chi connectivity index (χ0n) is 14.2. The van der Waals surface area contributed by atoms with Gasteiger partial charge in [-0.1, -0.05) is 43.9 Å². The van der Waals surface area contributed by atoms with Crippen LogP contribution in [0.25, 0.3) is 0 Å². The van der Waals surface area contributed by atoms with Crippen molar-refractivity contribution < 1.29 is 5.11 Å². The summed E-state index contributed by atoms with van der Waals surface area (Å²) in [6.07, 6.45) is 5.91. The first-order valence-corrected chi connectivity index (χ1v) is 8.37. The van der Waals surface area contributed by atoms with Crippen molar-refractivity contribution in [2.75, 3.05) is 5.32 Å². The van der Waals surface area contributed by atoms with E-state index in [0.29, 0.717) is 12.0 Å². The van der Waals surface area contributed by atoms with Crippen molar-refractivity contribution in [1.82, 2.24) is 9.97 Å². The smallest absolute Gasteiger partial charge is 0.222 e. The molecule has 124 valence electrons. The lowest BCUT2D eigenvalue weighted by atomic mass is 9.73. The Bertz CT molecular complexity index is 729. The van der Waals surface area contributed by atoms with Crippen LogP contribution in [0.15, 0.2) is 42.7 Å². The van der Waals surface area contributed by atoms with Crippen LogP contribution in [0.2, 0.25) is 0 Å². The second kappa shape index (κ2) is 7.02. The molecule has 4 heteroatoms. The highest BCUT2D eigenvalue weighted by atomic mass is 16.3. The third kappa shape index (κ3) is 4.12. The van der Waals surface area contributed by atoms with Crippen LogP contribution in [0, 0.1) is 17.3 Å². The molecule has 3 rings (SSSR count). The van der Waals surface area contributed by atoms with Crippen LogP contribution in [0.1, 0.15) is 44.2 Å². The highest BCUT2D eigenvalue weighted by Gasteiger charge is 2.35. The molecule has 1 aliphatic rings. The van der Waals surface area contributed by atoms with E-state index in [2.05, 4.69) is 41.0 Å². The van der Waals surface area contributed by atoms with E-state index in [-0.39, 0.29) is 11.5 Å². The lowest BCUT2D eigenvalue weighted by molar-refractivity contribution is 0.00922. The van der Waals surface area contributed by atoms with Crippen LogP contribution in [-0.2, 0) is 0 Å². The number of rotatable bonds is 2. The van der Waals surface area contributed by atoms with E-state index in [1.54, 1.807) is 12.4 Å². The first kappa shape index (κ1) is 16.5. The Morgan fingerprint density at radius 3 is 2.38 bits per heavy atom. The lowest BCUT2D eigenvalue weighted by Crippen LogP contribution is -2.41. The van der Waals surface area contributed by atoms with Crippen molar-refractivity contribution in [2.45, 2.75) is 45.3 Å². The minimum atomic E-state index is -0.230. The molecule has 0 amide bonds. The molecular formula is C20H23N3O. The summed E-state index contributed by atoms with van der Waals surface area (Å²) in [4.78, 5) is 8.73. The van der Waals surface area contributed by atoms with Crippen LogP contribution in [0.5, 0.6) is 0 Å². The van der Waals surface area contributed by atoms with Crippen LogP contribution < -0.4 is 5.32 Å². The summed E-state index contributed by atoms with van der Waals surface area (Å²) in [6, 6.07) is 10.2. The highest BCUT2D eigenvalue weighted by molar-refractivity contribution is 5.42. The number of aliphatic hydroxyl groups is 1. The SMILES string of the molecule is CC1(C)CC(Nc2ncc(C#Cc3ccccc3)cn2)CCC1O. The molecule has 0 bridgehead atoms. The van der Waals surface area contributed by atoms with Gasteiger partial charge in [0, 0.05) is 24.0 Å². The van der Waals surface area contributed by atoms with Crippen molar-refractivity contribution in [3.63, 3.8) is 0 Å². The van der Waals surface area contributed by atoms with Gasteiger partial charge >= 0.3 is 0 Å².